The first kappa shape index (κ1) is 16.7. The van der Waals surface area contributed by atoms with Gasteiger partial charge in [0.25, 0.3) is 0 Å². The maximum Gasteiger partial charge on any atom is 0.0589 e. The third kappa shape index (κ3) is 6.55. The van der Waals surface area contributed by atoms with E-state index in [0.717, 1.165) is 31.6 Å². The van der Waals surface area contributed by atoms with Crippen LogP contribution in [-0.2, 0) is 4.74 Å². The van der Waals surface area contributed by atoms with Crippen molar-refractivity contribution in [3.63, 3.8) is 0 Å². The summed E-state index contributed by atoms with van der Waals surface area (Å²) in [6.45, 7) is 8.55. The Morgan fingerprint density at radius 3 is 2.37 bits per heavy atom. The van der Waals surface area contributed by atoms with Gasteiger partial charge in [-0.15, -0.1) is 0 Å². The molecule has 1 aromatic carbocycles. The van der Waals surface area contributed by atoms with Gasteiger partial charge in [-0.3, -0.25) is 0 Å². The van der Waals surface area contributed by atoms with Gasteiger partial charge in [-0.1, -0.05) is 60.1 Å². The highest BCUT2D eigenvalue weighted by molar-refractivity contribution is 9.09. The number of halogens is 1. The van der Waals surface area contributed by atoms with E-state index in [-0.39, 0.29) is 0 Å². The van der Waals surface area contributed by atoms with E-state index in [1.165, 1.54) is 5.56 Å². The van der Waals surface area contributed by atoms with Crippen LogP contribution in [0.1, 0.15) is 25.3 Å². The highest BCUT2D eigenvalue weighted by Gasteiger charge is 2.15. The first-order valence-electron chi connectivity index (χ1n) is 6.99. The van der Waals surface area contributed by atoms with Crippen LogP contribution in [0.5, 0.6) is 0 Å². The van der Waals surface area contributed by atoms with Crippen molar-refractivity contribution in [2.45, 2.75) is 19.8 Å². The Hall–Kier alpha value is -0.380. The zero-order valence-electron chi connectivity index (χ0n) is 12.3. The average Bonchev–Trinajstić information content (AvgIpc) is 2.42. The largest absolute Gasteiger partial charge is 0.383 e. The topological polar surface area (TPSA) is 12.5 Å². The summed E-state index contributed by atoms with van der Waals surface area (Å²) in [7, 11) is 1.77. The first-order chi connectivity index (χ1) is 9.17. The van der Waals surface area contributed by atoms with Crippen molar-refractivity contribution in [2.75, 3.05) is 38.7 Å². The quantitative estimate of drug-likeness (QED) is 0.640. The Morgan fingerprint density at radius 1 is 1.16 bits per heavy atom. The summed E-state index contributed by atoms with van der Waals surface area (Å²) in [5, 5.41) is 0.999. The van der Waals surface area contributed by atoms with E-state index in [4.69, 9.17) is 4.74 Å². The van der Waals surface area contributed by atoms with Gasteiger partial charge in [0, 0.05) is 38.0 Å². The molecule has 0 radical (unpaired) electrons. The van der Waals surface area contributed by atoms with Crippen LogP contribution < -0.4 is 0 Å². The third-order valence-electron chi connectivity index (χ3n) is 3.17. The number of methoxy groups -OCH3 is 1. The zero-order chi connectivity index (χ0) is 14.1. The van der Waals surface area contributed by atoms with Gasteiger partial charge in [-0.2, -0.15) is 0 Å². The van der Waals surface area contributed by atoms with Crippen LogP contribution in [0.2, 0.25) is 0 Å². The van der Waals surface area contributed by atoms with Crippen LogP contribution in [-0.4, -0.2) is 43.6 Å². The van der Waals surface area contributed by atoms with Crippen LogP contribution in [0.15, 0.2) is 30.3 Å². The van der Waals surface area contributed by atoms with Crippen LogP contribution in [0.3, 0.4) is 0 Å². The van der Waals surface area contributed by atoms with Gasteiger partial charge >= 0.3 is 0 Å². The smallest absolute Gasteiger partial charge is 0.0589 e. The lowest BCUT2D eigenvalue weighted by molar-refractivity contribution is 0.137. The van der Waals surface area contributed by atoms with E-state index < -0.39 is 0 Å². The molecule has 0 N–H and O–H groups in total. The summed E-state index contributed by atoms with van der Waals surface area (Å²) < 4.78 is 5.22. The minimum atomic E-state index is 0.539. The SMILES string of the molecule is COCCN(CC(C)C)CC(CBr)c1ccccc1. The van der Waals surface area contributed by atoms with Gasteiger partial charge in [0.05, 0.1) is 6.61 Å². The second-order valence-electron chi connectivity index (χ2n) is 5.41. The number of hydrogen-bond donors (Lipinski definition) is 0. The van der Waals surface area contributed by atoms with Gasteiger partial charge in [0.15, 0.2) is 0 Å². The van der Waals surface area contributed by atoms with Gasteiger partial charge < -0.3 is 9.64 Å². The number of rotatable bonds is 9. The monoisotopic (exact) mass is 327 g/mol. The van der Waals surface area contributed by atoms with Crippen molar-refractivity contribution in [3.8, 4) is 0 Å². The molecule has 0 aliphatic carbocycles. The van der Waals surface area contributed by atoms with Gasteiger partial charge in [-0.05, 0) is 11.5 Å². The Bertz CT molecular complexity index is 329. The van der Waals surface area contributed by atoms with E-state index in [1.807, 2.05) is 0 Å². The Labute approximate surface area is 126 Å². The van der Waals surface area contributed by atoms with Crippen molar-refractivity contribution in [1.29, 1.82) is 0 Å². The Kier molecular flexibility index (Phi) is 8.35. The molecule has 0 bridgehead atoms. The van der Waals surface area contributed by atoms with Gasteiger partial charge in [0.1, 0.15) is 0 Å². The zero-order valence-corrected chi connectivity index (χ0v) is 13.9. The Morgan fingerprint density at radius 2 is 1.84 bits per heavy atom. The fraction of sp³-hybridized carbons (Fsp3) is 0.625. The molecule has 1 unspecified atom stereocenters. The predicted molar refractivity (Wildman–Crippen MR) is 86.1 cm³/mol. The molecule has 0 aliphatic heterocycles. The van der Waals surface area contributed by atoms with Crippen molar-refractivity contribution in [2.24, 2.45) is 5.92 Å². The normalized spacial score (nSPS) is 13.2. The molecule has 1 aromatic rings. The minimum Gasteiger partial charge on any atom is -0.383 e. The lowest BCUT2D eigenvalue weighted by atomic mass is 10.0. The molecule has 0 spiro atoms. The summed E-state index contributed by atoms with van der Waals surface area (Å²) >= 11 is 3.66. The third-order valence-corrected chi connectivity index (χ3v) is 3.95. The molecule has 2 nitrogen and oxygen atoms in total. The Balaban J connectivity index is 2.63. The van der Waals surface area contributed by atoms with E-state index >= 15 is 0 Å². The van der Waals surface area contributed by atoms with Crippen LogP contribution >= 0.6 is 15.9 Å². The molecule has 0 fully saturated rings. The fourth-order valence-electron chi connectivity index (χ4n) is 2.27. The molecular formula is C16H26BrNO. The van der Waals surface area contributed by atoms with Crippen molar-refractivity contribution >= 4 is 15.9 Å². The lowest BCUT2D eigenvalue weighted by Gasteiger charge is -2.28. The van der Waals surface area contributed by atoms with Crippen LogP contribution in [0.4, 0.5) is 0 Å². The van der Waals surface area contributed by atoms with Crippen molar-refractivity contribution in [1.82, 2.24) is 4.90 Å². The second-order valence-corrected chi connectivity index (χ2v) is 6.06. The molecule has 0 aliphatic rings. The molecular weight excluding hydrogens is 302 g/mol. The summed E-state index contributed by atoms with van der Waals surface area (Å²) in [4.78, 5) is 2.51. The maximum absolute atomic E-state index is 5.22. The molecule has 0 saturated carbocycles. The number of alkyl halides is 1. The fourth-order valence-corrected chi connectivity index (χ4v) is 2.85. The lowest BCUT2D eigenvalue weighted by Crippen LogP contribution is -2.35. The average molecular weight is 328 g/mol. The first-order valence-corrected chi connectivity index (χ1v) is 8.11. The summed E-state index contributed by atoms with van der Waals surface area (Å²) in [6.07, 6.45) is 0. The maximum atomic E-state index is 5.22. The van der Waals surface area contributed by atoms with E-state index in [0.29, 0.717) is 11.8 Å². The number of ether oxygens (including phenoxy) is 1. The van der Waals surface area contributed by atoms with E-state index in [9.17, 15) is 0 Å². The van der Waals surface area contributed by atoms with Gasteiger partial charge in [-0.25, -0.2) is 0 Å². The minimum absolute atomic E-state index is 0.539. The van der Waals surface area contributed by atoms with E-state index in [2.05, 4.69) is 65.0 Å². The predicted octanol–water partition coefficient (Wildman–Crippen LogP) is 3.77. The molecule has 0 amide bonds. The summed E-state index contributed by atoms with van der Waals surface area (Å²) in [5.41, 5.74) is 1.41. The highest BCUT2D eigenvalue weighted by Crippen LogP contribution is 2.20. The second kappa shape index (κ2) is 9.51. The van der Waals surface area contributed by atoms with E-state index in [1.54, 1.807) is 7.11 Å². The molecule has 0 heterocycles. The highest BCUT2D eigenvalue weighted by atomic mass is 79.9. The van der Waals surface area contributed by atoms with Crippen LogP contribution in [0, 0.1) is 5.92 Å². The van der Waals surface area contributed by atoms with Crippen LogP contribution in [0.25, 0.3) is 0 Å². The summed E-state index contributed by atoms with van der Waals surface area (Å²) in [5.74, 6) is 1.22. The molecule has 0 saturated heterocycles. The molecule has 108 valence electrons. The molecule has 3 heteroatoms. The standard InChI is InChI=1S/C16H26BrNO/c1-14(2)12-18(9-10-19-3)13-16(11-17)15-7-5-4-6-8-15/h4-8,14,16H,9-13H2,1-3H3. The number of hydrogen-bond acceptors (Lipinski definition) is 2. The number of nitrogens with zero attached hydrogens (tertiary/aromatic N) is 1. The number of benzene rings is 1. The molecule has 1 rings (SSSR count). The molecule has 1 atom stereocenters. The van der Waals surface area contributed by atoms with Crippen molar-refractivity contribution in [3.05, 3.63) is 35.9 Å². The van der Waals surface area contributed by atoms with Crippen molar-refractivity contribution < 1.29 is 4.74 Å². The van der Waals surface area contributed by atoms with Gasteiger partial charge in [0.2, 0.25) is 0 Å². The molecule has 19 heavy (non-hydrogen) atoms. The molecule has 0 aromatic heterocycles. The summed E-state index contributed by atoms with van der Waals surface area (Å²) in [6, 6.07) is 10.7.